The van der Waals surface area contributed by atoms with E-state index in [9.17, 15) is 9.59 Å². The molecule has 3 rings (SSSR count). The Kier molecular flexibility index (Phi) is 4.95. The van der Waals surface area contributed by atoms with Crippen LogP contribution in [-0.2, 0) is 0 Å². The van der Waals surface area contributed by atoms with Crippen molar-refractivity contribution in [2.75, 3.05) is 14.2 Å². The molecular formula is C20H16O4S. The third kappa shape index (κ3) is 3.32. The molecule has 1 aromatic heterocycles. The zero-order chi connectivity index (χ0) is 17.8. The van der Waals surface area contributed by atoms with Gasteiger partial charge in [-0.3, -0.25) is 9.59 Å². The van der Waals surface area contributed by atoms with Crippen molar-refractivity contribution >= 4 is 22.9 Å². The molecule has 3 aromatic rings. The zero-order valence-electron chi connectivity index (χ0n) is 13.8. The minimum atomic E-state index is -0.235. The van der Waals surface area contributed by atoms with Gasteiger partial charge in [0.2, 0.25) is 5.78 Å². The topological polar surface area (TPSA) is 52.6 Å². The number of rotatable bonds is 6. The van der Waals surface area contributed by atoms with Gasteiger partial charge in [0.15, 0.2) is 17.3 Å². The minimum Gasteiger partial charge on any atom is -0.493 e. The Labute approximate surface area is 149 Å². The Balaban J connectivity index is 2.03. The van der Waals surface area contributed by atoms with Crippen molar-refractivity contribution in [3.63, 3.8) is 0 Å². The van der Waals surface area contributed by atoms with Crippen LogP contribution in [0.15, 0.2) is 60.0 Å². The number of thiophene rings is 1. The van der Waals surface area contributed by atoms with Crippen molar-refractivity contribution in [2.45, 2.75) is 0 Å². The van der Waals surface area contributed by atoms with E-state index in [4.69, 9.17) is 9.47 Å². The van der Waals surface area contributed by atoms with E-state index in [2.05, 4.69) is 0 Å². The quantitative estimate of drug-likeness (QED) is 0.623. The highest BCUT2D eigenvalue weighted by Gasteiger charge is 2.20. The Hall–Kier alpha value is -2.92. The fraction of sp³-hybridized carbons (Fsp3) is 0.100. The molecular weight excluding hydrogens is 336 g/mol. The van der Waals surface area contributed by atoms with Gasteiger partial charge in [-0.05, 0) is 29.6 Å². The van der Waals surface area contributed by atoms with Gasteiger partial charge in [-0.15, -0.1) is 11.3 Å². The third-order valence-electron chi connectivity index (χ3n) is 3.81. The smallest absolute Gasteiger partial charge is 0.203 e. The summed E-state index contributed by atoms with van der Waals surface area (Å²) < 4.78 is 10.5. The molecule has 0 radical (unpaired) electrons. The van der Waals surface area contributed by atoms with Gasteiger partial charge in [0, 0.05) is 16.7 Å². The van der Waals surface area contributed by atoms with Crippen molar-refractivity contribution in [3.05, 3.63) is 81.5 Å². The van der Waals surface area contributed by atoms with Crippen LogP contribution >= 0.6 is 11.3 Å². The monoisotopic (exact) mass is 352 g/mol. The molecule has 0 saturated heterocycles. The van der Waals surface area contributed by atoms with Gasteiger partial charge in [0.1, 0.15) is 0 Å². The van der Waals surface area contributed by atoms with Gasteiger partial charge in [0.05, 0.1) is 19.1 Å². The Morgan fingerprint density at radius 1 is 0.800 bits per heavy atom. The van der Waals surface area contributed by atoms with Crippen molar-refractivity contribution in [3.8, 4) is 11.5 Å². The molecule has 0 spiro atoms. The summed E-state index contributed by atoms with van der Waals surface area (Å²) in [7, 11) is 3.05. The average Bonchev–Trinajstić information content (AvgIpc) is 3.21. The molecule has 2 aromatic carbocycles. The summed E-state index contributed by atoms with van der Waals surface area (Å²) in [4.78, 5) is 26.3. The number of ketones is 2. The third-order valence-corrected chi connectivity index (χ3v) is 4.68. The Morgan fingerprint density at radius 3 is 2.08 bits per heavy atom. The second-order valence-electron chi connectivity index (χ2n) is 5.25. The zero-order valence-corrected chi connectivity index (χ0v) is 14.6. The SMILES string of the molecule is COc1ccc(C(=O)c2ccccc2C(=O)c2cccs2)cc1OC. The van der Waals surface area contributed by atoms with Crippen LogP contribution in [0.25, 0.3) is 0 Å². The number of ether oxygens (including phenoxy) is 2. The van der Waals surface area contributed by atoms with E-state index in [-0.39, 0.29) is 11.6 Å². The maximum absolute atomic E-state index is 13.0. The van der Waals surface area contributed by atoms with Crippen LogP contribution in [0.4, 0.5) is 0 Å². The Morgan fingerprint density at radius 2 is 1.48 bits per heavy atom. The standard InChI is InChI=1S/C20H16O4S/c1-23-16-10-9-13(12-17(16)24-2)19(21)14-6-3-4-7-15(14)20(22)18-8-5-11-25-18/h3-12H,1-2H3. The lowest BCUT2D eigenvalue weighted by Gasteiger charge is -2.11. The summed E-state index contributed by atoms with van der Waals surface area (Å²) in [5.74, 6) is 0.623. The van der Waals surface area contributed by atoms with Crippen LogP contribution in [0, 0.1) is 0 Å². The minimum absolute atomic E-state index is 0.153. The molecule has 25 heavy (non-hydrogen) atoms. The molecule has 0 bridgehead atoms. The van der Waals surface area contributed by atoms with Gasteiger partial charge in [-0.1, -0.05) is 30.3 Å². The predicted molar refractivity (Wildman–Crippen MR) is 97.2 cm³/mol. The summed E-state index contributed by atoms with van der Waals surface area (Å²) in [6.07, 6.45) is 0. The number of hydrogen-bond donors (Lipinski definition) is 0. The first kappa shape index (κ1) is 16.9. The largest absolute Gasteiger partial charge is 0.493 e. The molecule has 0 saturated carbocycles. The maximum Gasteiger partial charge on any atom is 0.203 e. The number of benzene rings is 2. The number of methoxy groups -OCH3 is 2. The molecule has 126 valence electrons. The Bertz CT molecular complexity index is 913. The summed E-state index contributed by atoms with van der Waals surface area (Å²) in [5, 5.41) is 1.84. The van der Waals surface area contributed by atoms with Crippen LogP contribution in [0.3, 0.4) is 0 Å². The number of carbonyl (C=O) groups excluding carboxylic acids is 2. The molecule has 0 N–H and O–H groups in total. The summed E-state index contributed by atoms with van der Waals surface area (Å²) in [5.41, 5.74) is 1.20. The predicted octanol–water partition coefficient (Wildman–Crippen LogP) is 4.23. The fourth-order valence-corrected chi connectivity index (χ4v) is 3.23. The molecule has 0 amide bonds. The van der Waals surface area contributed by atoms with Crippen LogP contribution in [0.5, 0.6) is 11.5 Å². The molecule has 4 nitrogen and oxygen atoms in total. The van der Waals surface area contributed by atoms with Crippen LogP contribution in [0.2, 0.25) is 0 Å². The molecule has 0 aliphatic carbocycles. The number of hydrogen-bond acceptors (Lipinski definition) is 5. The summed E-state index contributed by atoms with van der Waals surface area (Å²) >= 11 is 1.36. The highest BCUT2D eigenvalue weighted by Crippen LogP contribution is 2.29. The van der Waals surface area contributed by atoms with E-state index in [0.29, 0.717) is 33.1 Å². The van der Waals surface area contributed by atoms with Crippen LogP contribution in [-0.4, -0.2) is 25.8 Å². The lowest BCUT2D eigenvalue weighted by atomic mass is 9.95. The molecule has 0 unspecified atom stereocenters. The van der Waals surface area contributed by atoms with E-state index < -0.39 is 0 Å². The van der Waals surface area contributed by atoms with E-state index in [1.54, 1.807) is 48.5 Å². The van der Waals surface area contributed by atoms with Gasteiger partial charge in [-0.2, -0.15) is 0 Å². The summed E-state index contributed by atoms with van der Waals surface area (Å²) in [6, 6.07) is 15.4. The van der Waals surface area contributed by atoms with Gasteiger partial charge in [-0.25, -0.2) is 0 Å². The van der Waals surface area contributed by atoms with E-state index in [0.717, 1.165) is 0 Å². The highest BCUT2D eigenvalue weighted by atomic mass is 32.1. The van der Waals surface area contributed by atoms with Gasteiger partial charge < -0.3 is 9.47 Å². The van der Waals surface area contributed by atoms with Crippen molar-refractivity contribution < 1.29 is 19.1 Å². The van der Waals surface area contributed by atoms with Gasteiger partial charge in [0.25, 0.3) is 0 Å². The van der Waals surface area contributed by atoms with E-state index in [1.807, 2.05) is 11.4 Å². The summed E-state index contributed by atoms with van der Waals surface area (Å²) in [6.45, 7) is 0. The second-order valence-corrected chi connectivity index (χ2v) is 6.20. The van der Waals surface area contributed by atoms with Crippen molar-refractivity contribution in [1.29, 1.82) is 0 Å². The molecule has 1 heterocycles. The average molecular weight is 352 g/mol. The second kappa shape index (κ2) is 7.32. The van der Waals surface area contributed by atoms with Crippen LogP contribution in [0.1, 0.15) is 31.2 Å². The van der Waals surface area contributed by atoms with E-state index in [1.165, 1.54) is 25.6 Å². The molecule has 0 atom stereocenters. The molecule has 5 heteroatoms. The number of carbonyl (C=O) groups is 2. The van der Waals surface area contributed by atoms with Crippen molar-refractivity contribution in [2.24, 2.45) is 0 Å². The first-order valence-electron chi connectivity index (χ1n) is 7.59. The maximum atomic E-state index is 13.0. The lowest BCUT2D eigenvalue weighted by molar-refractivity contribution is 0.100. The van der Waals surface area contributed by atoms with E-state index >= 15 is 0 Å². The first-order valence-corrected chi connectivity index (χ1v) is 8.47. The van der Waals surface area contributed by atoms with Crippen LogP contribution < -0.4 is 9.47 Å². The normalized spacial score (nSPS) is 10.3. The molecule has 0 fully saturated rings. The first-order chi connectivity index (χ1) is 12.2. The molecule has 0 aliphatic heterocycles. The molecule has 0 aliphatic rings. The van der Waals surface area contributed by atoms with Crippen molar-refractivity contribution in [1.82, 2.24) is 0 Å². The highest BCUT2D eigenvalue weighted by molar-refractivity contribution is 7.12. The lowest BCUT2D eigenvalue weighted by Crippen LogP contribution is -2.10. The fourth-order valence-electron chi connectivity index (χ4n) is 2.55. The van der Waals surface area contributed by atoms with Gasteiger partial charge >= 0.3 is 0 Å².